The molecule has 5 heteroatoms. The second kappa shape index (κ2) is 8.90. The molecule has 2 amide bonds. The molecule has 0 saturated carbocycles. The average Bonchev–Trinajstić information content (AvgIpc) is 2.79. The fraction of sp³-hybridized carbons (Fsp3) is 0.440. The van der Waals surface area contributed by atoms with Gasteiger partial charge in [0, 0.05) is 38.2 Å². The second-order valence-electron chi connectivity index (χ2n) is 8.40. The number of nitrogens with zero attached hydrogens (tertiary/aromatic N) is 2. The van der Waals surface area contributed by atoms with Crippen LogP contribution in [0.5, 0.6) is 5.75 Å². The lowest BCUT2D eigenvalue weighted by molar-refractivity contribution is -0.133. The van der Waals surface area contributed by atoms with Gasteiger partial charge in [-0.15, -0.1) is 0 Å². The Balaban J connectivity index is 1.34. The third kappa shape index (κ3) is 4.35. The van der Waals surface area contributed by atoms with Crippen molar-refractivity contribution in [3.05, 3.63) is 64.7 Å². The smallest absolute Gasteiger partial charge is 0.253 e. The van der Waals surface area contributed by atoms with Gasteiger partial charge < -0.3 is 14.5 Å². The number of rotatable bonds is 4. The zero-order valence-electron chi connectivity index (χ0n) is 17.9. The molecule has 1 aliphatic heterocycles. The highest BCUT2D eigenvalue weighted by Gasteiger charge is 2.28. The van der Waals surface area contributed by atoms with E-state index < -0.39 is 0 Å². The largest absolute Gasteiger partial charge is 0.497 e. The maximum absolute atomic E-state index is 13.0. The van der Waals surface area contributed by atoms with Gasteiger partial charge in [0.2, 0.25) is 5.91 Å². The fourth-order valence-electron chi connectivity index (χ4n) is 4.61. The van der Waals surface area contributed by atoms with E-state index in [1.165, 1.54) is 11.1 Å². The summed E-state index contributed by atoms with van der Waals surface area (Å²) in [5, 5.41) is 0. The van der Waals surface area contributed by atoms with Crippen molar-refractivity contribution < 1.29 is 14.3 Å². The minimum atomic E-state index is 0.0530. The highest BCUT2D eigenvalue weighted by atomic mass is 16.5. The molecule has 0 aromatic heterocycles. The number of ether oxygens (including phenoxy) is 1. The number of hydrogen-bond donors (Lipinski definition) is 0. The Morgan fingerprint density at radius 1 is 1.00 bits per heavy atom. The highest BCUT2D eigenvalue weighted by molar-refractivity contribution is 5.94. The summed E-state index contributed by atoms with van der Waals surface area (Å²) in [6, 6.07) is 13.9. The first-order valence-corrected chi connectivity index (χ1v) is 10.9. The van der Waals surface area contributed by atoms with Crippen LogP contribution in [-0.2, 0) is 11.2 Å². The first kappa shape index (κ1) is 20.5. The summed E-state index contributed by atoms with van der Waals surface area (Å²) in [6.45, 7) is 4.42. The van der Waals surface area contributed by atoms with Crippen LogP contribution >= 0.6 is 0 Å². The van der Waals surface area contributed by atoms with Crippen LogP contribution in [0.2, 0.25) is 0 Å². The molecule has 4 rings (SSSR count). The molecule has 1 unspecified atom stereocenters. The molecule has 0 bridgehead atoms. The Bertz CT molecular complexity index is 914. The lowest BCUT2D eigenvalue weighted by Crippen LogP contribution is -2.50. The van der Waals surface area contributed by atoms with Crippen molar-refractivity contribution in [1.82, 2.24) is 9.80 Å². The van der Waals surface area contributed by atoms with Crippen LogP contribution in [0.3, 0.4) is 0 Å². The number of carbonyl (C=O) groups excluding carboxylic acids is 2. The standard InChI is InChI=1S/C25H30N2O3/c1-18-6-8-19(9-7-18)25(29)27-14-12-26(13-15-27)24(28)17-21-5-3-4-20-16-22(30-2)10-11-23(20)21/h6-11,16,21H,3-5,12-15,17H2,1-2H3. The molecular formula is C25H30N2O3. The highest BCUT2D eigenvalue weighted by Crippen LogP contribution is 2.36. The molecule has 158 valence electrons. The van der Waals surface area contributed by atoms with Crippen LogP contribution in [0.15, 0.2) is 42.5 Å². The molecule has 0 spiro atoms. The van der Waals surface area contributed by atoms with Gasteiger partial charge in [-0.2, -0.15) is 0 Å². The lowest BCUT2D eigenvalue weighted by Gasteiger charge is -2.36. The van der Waals surface area contributed by atoms with Gasteiger partial charge in [-0.05, 0) is 67.5 Å². The van der Waals surface area contributed by atoms with Crippen LogP contribution in [0.1, 0.15) is 52.2 Å². The maximum Gasteiger partial charge on any atom is 0.253 e. The van der Waals surface area contributed by atoms with Crippen molar-refractivity contribution in [3.8, 4) is 5.75 Å². The molecular weight excluding hydrogens is 376 g/mol. The Morgan fingerprint density at radius 3 is 2.40 bits per heavy atom. The zero-order valence-corrected chi connectivity index (χ0v) is 17.9. The number of methoxy groups -OCH3 is 1. The summed E-state index contributed by atoms with van der Waals surface area (Å²) in [6.07, 6.45) is 3.76. The maximum atomic E-state index is 13.0. The van der Waals surface area contributed by atoms with E-state index in [1.54, 1.807) is 7.11 Å². The summed E-state index contributed by atoms with van der Waals surface area (Å²) in [7, 11) is 1.69. The van der Waals surface area contributed by atoms with Crippen molar-refractivity contribution in [2.75, 3.05) is 33.3 Å². The molecule has 0 N–H and O–H groups in total. The van der Waals surface area contributed by atoms with E-state index in [4.69, 9.17) is 4.74 Å². The van der Waals surface area contributed by atoms with Gasteiger partial charge in [0.25, 0.3) is 5.91 Å². The Kier molecular flexibility index (Phi) is 6.07. The number of hydrogen-bond acceptors (Lipinski definition) is 3. The Morgan fingerprint density at radius 2 is 1.70 bits per heavy atom. The van der Waals surface area contributed by atoms with Crippen LogP contribution in [-0.4, -0.2) is 54.9 Å². The lowest BCUT2D eigenvalue weighted by atomic mass is 9.80. The number of piperazine rings is 1. The van der Waals surface area contributed by atoms with E-state index in [9.17, 15) is 9.59 Å². The van der Waals surface area contributed by atoms with Gasteiger partial charge in [0.15, 0.2) is 0 Å². The fourth-order valence-corrected chi connectivity index (χ4v) is 4.61. The first-order chi connectivity index (χ1) is 14.5. The SMILES string of the molecule is COc1ccc2c(c1)CCCC2CC(=O)N1CCN(C(=O)c2ccc(C)cc2)CC1. The van der Waals surface area contributed by atoms with Crippen molar-refractivity contribution in [3.63, 3.8) is 0 Å². The van der Waals surface area contributed by atoms with Gasteiger partial charge in [0.1, 0.15) is 5.75 Å². The van der Waals surface area contributed by atoms with Crippen molar-refractivity contribution in [2.45, 2.75) is 38.5 Å². The molecule has 1 atom stereocenters. The summed E-state index contributed by atoms with van der Waals surface area (Å²) in [5.74, 6) is 1.41. The van der Waals surface area contributed by atoms with Gasteiger partial charge in [0.05, 0.1) is 7.11 Å². The van der Waals surface area contributed by atoms with Crippen LogP contribution in [0.4, 0.5) is 0 Å². The zero-order chi connectivity index (χ0) is 21.1. The summed E-state index contributed by atoms with van der Waals surface area (Å²) < 4.78 is 5.35. The van der Waals surface area contributed by atoms with E-state index in [-0.39, 0.29) is 17.7 Å². The third-order valence-electron chi connectivity index (χ3n) is 6.43. The van der Waals surface area contributed by atoms with E-state index in [2.05, 4.69) is 12.1 Å². The van der Waals surface area contributed by atoms with E-state index in [0.717, 1.165) is 36.1 Å². The monoisotopic (exact) mass is 406 g/mol. The molecule has 1 saturated heterocycles. The molecule has 5 nitrogen and oxygen atoms in total. The van der Waals surface area contributed by atoms with Gasteiger partial charge in [-0.25, -0.2) is 0 Å². The Hall–Kier alpha value is -2.82. The third-order valence-corrected chi connectivity index (χ3v) is 6.43. The summed E-state index contributed by atoms with van der Waals surface area (Å²) in [5.41, 5.74) is 4.47. The topological polar surface area (TPSA) is 49.9 Å². The molecule has 0 radical (unpaired) electrons. The van der Waals surface area contributed by atoms with Crippen molar-refractivity contribution in [1.29, 1.82) is 0 Å². The molecule has 1 fully saturated rings. The number of benzene rings is 2. The quantitative estimate of drug-likeness (QED) is 0.776. The van der Waals surface area contributed by atoms with Crippen LogP contribution in [0.25, 0.3) is 0 Å². The average molecular weight is 407 g/mol. The van der Waals surface area contributed by atoms with Crippen LogP contribution < -0.4 is 4.74 Å². The van der Waals surface area contributed by atoms with Crippen LogP contribution in [0, 0.1) is 6.92 Å². The number of aryl methyl sites for hydroxylation is 2. The second-order valence-corrected chi connectivity index (χ2v) is 8.40. The van der Waals surface area contributed by atoms with Crippen molar-refractivity contribution >= 4 is 11.8 Å². The minimum absolute atomic E-state index is 0.0530. The van der Waals surface area contributed by atoms with Gasteiger partial charge in [-0.1, -0.05) is 23.8 Å². The van der Waals surface area contributed by atoms with E-state index >= 15 is 0 Å². The van der Waals surface area contributed by atoms with Gasteiger partial charge >= 0.3 is 0 Å². The Labute approximate surface area is 178 Å². The molecule has 2 aromatic rings. The number of amides is 2. The van der Waals surface area contributed by atoms with E-state index in [0.29, 0.717) is 32.6 Å². The first-order valence-electron chi connectivity index (χ1n) is 10.9. The summed E-state index contributed by atoms with van der Waals surface area (Å²) >= 11 is 0. The predicted octanol–water partition coefficient (Wildman–Crippen LogP) is 3.80. The normalized spacial score (nSPS) is 18.7. The van der Waals surface area contributed by atoms with Gasteiger partial charge in [-0.3, -0.25) is 9.59 Å². The van der Waals surface area contributed by atoms with E-state index in [1.807, 2.05) is 47.1 Å². The number of fused-ring (bicyclic) bond motifs is 1. The molecule has 1 aliphatic carbocycles. The summed E-state index contributed by atoms with van der Waals surface area (Å²) in [4.78, 5) is 29.5. The molecule has 2 aromatic carbocycles. The molecule has 1 heterocycles. The minimum Gasteiger partial charge on any atom is -0.497 e. The molecule has 30 heavy (non-hydrogen) atoms. The predicted molar refractivity (Wildman–Crippen MR) is 117 cm³/mol. The number of carbonyl (C=O) groups is 2. The molecule has 2 aliphatic rings. The van der Waals surface area contributed by atoms with Crippen molar-refractivity contribution in [2.24, 2.45) is 0 Å².